The van der Waals surface area contributed by atoms with Gasteiger partial charge in [0.2, 0.25) is 0 Å². The molecular formula is C13H15N3O3S. The van der Waals surface area contributed by atoms with Crippen LogP contribution in [-0.2, 0) is 4.74 Å². The van der Waals surface area contributed by atoms with Crippen molar-refractivity contribution in [2.45, 2.75) is 31.9 Å². The molecular weight excluding hydrogens is 278 g/mol. The van der Waals surface area contributed by atoms with E-state index in [9.17, 15) is 10.1 Å². The molecule has 2 atom stereocenters. The number of thiazole rings is 1. The fourth-order valence-electron chi connectivity index (χ4n) is 2.55. The first kappa shape index (κ1) is 13.3. The molecule has 1 aliphatic rings. The number of fused-ring (bicyclic) bond motifs is 1. The summed E-state index contributed by atoms with van der Waals surface area (Å²) in [5.41, 5.74) is 2.64. The third kappa shape index (κ3) is 2.34. The van der Waals surface area contributed by atoms with Crippen LogP contribution in [0.3, 0.4) is 0 Å². The zero-order valence-electron chi connectivity index (χ0n) is 11.0. The minimum absolute atomic E-state index is 0.0345. The van der Waals surface area contributed by atoms with Crippen molar-refractivity contribution in [3.05, 3.63) is 27.8 Å². The molecule has 1 saturated heterocycles. The molecule has 6 nitrogen and oxygen atoms in total. The average molecular weight is 293 g/mol. The summed E-state index contributed by atoms with van der Waals surface area (Å²) >= 11 is 1.40. The highest BCUT2D eigenvalue weighted by atomic mass is 32.1. The highest BCUT2D eigenvalue weighted by Crippen LogP contribution is 2.35. The molecule has 20 heavy (non-hydrogen) atoms. The summed E-state index contributed by atoms with van der Waals surface area (Å²) in [7, 11) is 0. The summed E-state index contributed by atoms with van der Waals surface area (Å²) < 4.78 is 6.44. The molecule has 1 N–H and O–H groups in total. The zero-order valence-corrected chi connectivity index (χ0v) is 11.9. The Morgan fingerprint density at radius 3 is 3.15 bits per heavy atom. The Balaban J connectivity index is 1.93. The molecule has 2 aromatic rings. The molecule has 2 unspecified atom stereocenters. The molecule has 0 spiro atoms. The Hall–Kier alpha value is -1.73. The lowest BCUT2D eigenvalue weighted by atomic mass is 10.1. The maximum Gasteiger partial charge on any atom is 0.319 e. The average Bonchev–Trinajstić information content (AvgIpc) is 3.08. The van der Waals surface area contributed by atoms with E-state index in [0.29, 0.717) is 11.2 Å². The molecule has 0 radical (unpaired) electrons. The van der Waals surface area contributed by atoms with Crippen LogP contribution in [0.15, 0.2) is 17.6 Å². The van der Waals surface area contributed by atoms with E-state index in [1.165, 1.54) is 11.3 Å². The highest BCUT2D eigenvalue weighted by Gasteiger charge is 2.26. The van der Waals surface area contributed by atoms with E-state index in [1.807, 2.05) is 13.0 Å². The van der Waals surface area contributed by atoms with Gasteiger partial charge >= 0.3 is 5.69 Å². The standard InChI is InChI=1S/C13H15N3O3S/c1-8(10-3-2-6-19-10)15-9-4-5-11-12(14-7-20-11)13(9)16(17)18/h4-5,7-8,10,15H,2-3,6H2,1H3. The number of nitrogens with one attached hydrogen (secondary N) is 1. The topological polar surface area (TPSA) is 77.3 Å². The molecule has 106 valence electrons. The van der Waals surface area contributed by atoms with Crippen molar-refractivity contribution in [1.29, 1.82) is 0 Å². The van der Waals surface area contributed by atoms with Crippen molar-refractivity contribution in [3.63, 3.8) is 0 Å². The van der Waals surface area contributed by atoms with Gasteiger partial charge in [-0.3, -0.25) is 10.1 Å². The first-order valence-electron chi connectivity index (χ1n) is 6.55. The van der Waals surface area contributed by atoms with Gasteiger partial charge in [0.25, 0.3) is 0 Å². The smallest absolute Gasteiger partial charge is 0.319 e. The number of nitro groups is 1. The Labute approximate surface area is 119 Å². The molecule has 7 heteroatoms. The lowest BCUT2D eigenvalue weighted by Gasteiger charge is -2.21. The van der Waals surface area contributed by atoms with Crippen molar-refractivity contribution >= 4 is 32.9 Å². The van der Waals surface area contributed by atoms with Crippen LogP contribution in [-0.4, -0.2) is 28.7 Å². The van der Waals surface area contributed by atoms with Crippen molar-refractivity contribution < 1.29 is 9.66 Å². The first-order chi connectivity index (χ1) is 9.66. The normalized spacial score (nSPS) is 20.1. The largest absolute Gasteiger partial charge is 0.376 e. The predicted molar refractivity (Wildman–Crippen MR) is 78.3 cm³/mol. The highest BCUT2D eigenvalue weighted by molar-refractivity contribution is 7.16. The fraction of sp³-hybridized carbons (Fsp3) is 0.462. The maximum atomic E-state index is 11.3. The van der Waals surface area contributed by atoms with E-state index in [2.05, 4.69) is 10.3 Å². The molecule has 1 aliphatic heterocycles. The van der Waals surface area contributed by atoms with E-state index in [0.717, 1.165) is 24.1 Å². The molecule has 0 saturated carbocycles. The van der Waals surface area contributed by atoms with Crippen LogP contribution in [0.4, 0.5) is 11.4 Å². The minimum atomic E-state index is -0.368. The summed E-state index contributed by atoms with van der Waals surface area (Å²) in [4.78, 5) is 15.1. The second-order valence-corrected chi connectivity index (χ2v) is 5.79. The van der Waals surface area contributed by atoms with Gasteiger partial charge in [0.15, 0.2) is 5.52 Å². The van der Waals surface area contributed by atoms with Crippen molar-refractivity contribution in [3.8, 4) is 0 Å². The van der Waals surface area contributed by atoms with Crippen LogP contribution < -0.4 is 5.32 Å². The van der Waals surface area contributed by atoms with Gasteiger partial charge in [0.1, 0.15) is 5.69 Å². The lowest BCUT2D eigenvalue weighted by Crippen LogP contribution is -2.30. The summed E-state index contributed by atoms with van der Waals surface area (Å²) in [5, 5.41) is 14.5. The number of hydrogen-bond acceptors (Lipinski definition) is 6. The number of aromatic nitrogens is 1. The third-order valence-electron chi connectivity index (χ3n) is 3.56. The molecule has 0 bridgehead atoms. The van der Waals surface area contributed by atoms with Crippen LogP contribution in [0.25, 0.3) is 10.2 Å². The van der Waals surface area contributed by atoms with Gasteiger partial charge in [0, 0.05) is 12.6 Å². The van der Waals surface area contributed by atoms with Gasteiger partial charge in [0.05, 0.1) is 21.2 Å². The summed E-state index contributed by atoms with van der Waals surface area (Å²) in [5.74, 6) is 0. The Bertz CT molecular complexity index is 637. The quantitative estimate of drug-likeness (QED) is 0.692. The van der Waals surface area contributed by atoms with Crippen molar-refractivity contribution in [2.24, 2.45) is 0 Å². The molecule has 2 heterocycles. The Kier molecular flexibility index (Phi) is 3.54. The van der Waals surface area contributed by atoms with E-state index in [1.54, 1.807) is 11.6 Å². The third-order valence-corrected chi connectivity index (χ3v) is 4.36. The zero-order chi connectivity index (χ0) is 14.1. The molecule has 0 aliphatic carbocycles. The van der Waals surface area contributed by atoms with Gasteiger partial charge in [-0.05, 0) is 31.9 Å². The molecule has 1 aromatic heterocycles. The van der Waals surface area contributed by atoms with Crippen LogP contribution in [0.1, 0.15) is 19.8 Å². The van der Waals surface area contributed by atoms with E-state index >= 15 is 0 Å². The Morgan fingerprint density at radius 2 is 2.45 bits per heavy atom. The van der Waals surface area contributed by atoms with E-state index in [4.69, 9.17) is 4.74 Å². The van der Waals surface area contributed by atoms with Crippen LogP contribution >= 0.6 is 11.3 Å². The van der Waals surface area contributed by atoms with Gasteiger partial charge in [-0.15, -0.1) is 11.3 Å². The van der Waals surface area contributed by atoms with Crippen LogP contribution in [0.5, 0.6) is 0 Å². The maximum absolute atomic E-state index is 11.3. The molecule has 1 fully saturated rings. The summed E-state index contributed by atoms with van der Waals surface area (Å²) in [6, 6.07) is 3.65. The number of nitrogens with zero attached hydrogens (tertiary/aromatic N) is 2. The SMILES string of the molecule is CC(Nc1ccc2scnc2c1[N+](=O)[O-])C1CCCO1. The molecule has 1 aromatic carbocycles. The van der Waals surface area contributed by atoms with Gasteiger partial charge < -0.3 is 10.1 Å². The van der Waals surface area contributed by atoms with E-state index < -0.39 is 0 Å². The monoisotopic (exact) mass is 293 g/mol. The Morgan fingerprint density at radius 1 is 1.60 bits per heavy atom. The number of anilines is 1. The van der Waals surface area contributed by atoms with Gasteiger partial charge in [-0.1, -0.05) is 0 Å². The van der Waals surface area contributed by atoms with Crippen molar-refractivity contribution in [1.82, 2.24) is 4.98 Å². The number of nitro benzene ring substituents is 1. The second-order valence-electron chi connectivity index (χ2n) is 4.90. The number of ether oxygens (including phenoxy) is 1. The molecule has 0 amide bonds. The minimum Gasteiger partial charge on any atom is -0.376 e. The summed E-state index contributed by atoms with van der Waals surface area (Å²) in [6.45, 7) is 2.76. The van der Waals surface area contributed by atoms with E-state index in [-0.39, 0.29) is 22.8 Å². The number of rotatable bonds is 4. The van der Waals surface area contributed by atoms with Crippen molar-refractivity contribution in [2.75, 3.05) is 11.9 Å². The lowest BCUT2D eigenvalue weighted by molar-refractivity contribution is -0.382. The van der Waals surface area contributed by atoms with Crippen LogP contribution in [0, 0.1) is 10.1 Å². The first-order valence-corrected chi connectivity index (χ1v) is 7.43. The van der Waals surface area contributed by atoms with Gasteiger partial charge in [-0.2, -0.15) is 0 Å². The predicted octanol–water partition coefficient (Wildman–Crippen LogP) is 3.18. The number of hydrogen-bond donors (Lipinski definition) is 1. The van der Waals surface area contributed by atoms with Gasteiger partial charge in [-0.25, -0.2) is 4.98 Å². The second kappa shape index (κ2) is 5.34. The summed E-state index contributed by atoms with van der Waals surface area (Å²) in [6.07, 6.45) is 2.14. The molecule has 3 rings (SSSR count). The number of benzene rings is 1. The van der Waals surface area contributed by atoms with Crippen LogP contribution in [0.2, 0.25) is 0 Å². The fourth-order valence-corrected chi connectivity index (χ4v) is 3.23.